The van der Waals surface area contributed by atoms with Gasteiger partial charge in [0.05, 0.1) is 0 Å². The van der Waals surface area contributed by atoms with Gasteiger partial charge in [0.25, 0.3) is 0 Å². The van der Waals surface area contributed by atoms with Gasteiger partial charge in [0.1, 0.15) is 0 Å². The largest absolute Gasteiger partial charge is 0.310 e. The molecule has 0 N–H and O–H groups in total. The van der Waals surface area contributed by atoms with Crippen LogP contribution in [0, 0.1) is 0 Å². The van der Waals surface area contributed by atoms with E-state index in [4.69, 9.17) is 0 Å². The molecule has 2 heterocycles. The minimum absolute atomic E-state index is 1.11. The van der Waals surface area contributed by atoms with Crippen molar-refractivity contribution in [1.82, 2.24) is 0 Å². The molecule has 9 aromatic carbocycles. The molecule has 11 rings (SSSR count). The first-order valence-electron chi connectivity index (χ1n) is 19.3. The molecule has 0 unspecified atom stereocenters. The number of rotatable bonds is 7. The minimum Gasteiger partial charge on any atom is -0.310 e. The normalized spacial score (nSPS) is 11.5. The van der Waals surface area contributed by atoms with E-state index in [2.05, 4.69) is 217 Å². The maximum absolute atomic E-state index is 2.42. The summed E-state index contributed by atoms with van der Waals surface area (Å²) in [4.78, 5) is 2.42. The molecule has 0 saturated carbocycles. The molecule has 0 aliphatic carbocycles. The first-order valence-corrected chi connectivity index (χ1v) is 21.0. The summed E-state index contributed by atoms with van der Waals surface area (Å²) >= 11 is 3.74. The van der Waals surface area contributed by atoms with Crippen LogP contribution < -0.4 is 4.90 Å². The Bertz CT molecular complexity index is 3210. The molecule has 2 aromatic heterocycles. The number of anilines is 3. The average molecular weight is 762 g/mol. The highest BCUT2D eigenvalue weighted by Gasteiger charge is 2.20. The molecule has 1 nitrogen and oxygen atoms in total. The standard InChI is InChI=1S/C54H35NS2/c1-3-12-36(13-4-1)37-22-24-38(25-23-37)39-26-28-41(29-27-39)55(43-31-33-53-50(35-43)46-17-8-9-20-51(46)56-53)42-30-32-44(49(34-42)40-14-5-2-6-15-40)47-18-11-19-48-45-16-7-10-21-52(45)57-54(47)48/h1-35H. The van der Waals surface area contributed by atoms with Crippen LogP contribution in [0.25, 0.3) is 84.9 Å². The predicted molar refractivity (Wildman–Crippen MR) is 249 cm³/mol. The topological polar surface area (TPSA) is 3.24 Å². The van der Waals surface area contributed by atoms with Gasteiger partial charge in [0.15, 0.2) is 0 Å². The Kier molecular flexibility index (Phi) is 8.28. The molecule has 57 heavy (non-hydrogen) atoms. The van der Waals surface area contributed by atoms with Crippen molar-refractivity contribution in [3.8, 4) is 44.5 Å². The minimum atomic E-state index is 1.11. The van der Waals surface area contributed by atoms with Crippen LogP contribution in [0.4, 0.5) is 17.1 Å². The molecule has 0 atom stereocenters. The van der Waals surface area contributed by atoms with Gasteiger partial charge < -0.3 is 4.90 Å². The van der Waals surface area contributed by atoms with Gasteiger partial charge in [0, 0.05) is 63.0 Å². The molecular formula is C54H35NS2. The van der Waals surface area contributed by atoms with Crippen LogP contribution in [0.3, 0.4) is 0 Å². The van der Waals surface area contributed by atoms with E-state index in [-0.39, 0.29) is 0 Å². The van der Waals surface area contributed by atoms with Gasteiger partial charge in [-0.3, -0.25) is 0 Å². The lowest BCUT2D eigenvalue weighted by Crippen LogP contribution is -2.10. The van der Waals surface area contributed by atoms with Crippen LogP contribution in [-0.4, -0.2) is 0 Å². The van der Waals surface area contributed by atoms with E-state index in [0.29, 0.717) is 0 Å². The van der Waals surface area contributed by atoms with Crippen molar-refractivity contribution in [2.75, 3.05) is 4.90 Å². The molecule has 0 aliphatic heterocycles. The van der Waals surface area contributed by atoms with Crippen molar-refractivity contribution < 1.29 is 0 Å². The molecule has 0 radical (unpaired) electrons. The summed E-state index contributed by atoms with van der Waals surface area (Å²) < 4.78 is 5.24. The molecule has 0 amide bonds. The van der Waals surface area contributed by atoms with Crippen molar-refractivity contribution in [3.63, 3.8) is 0 Å². The Morgan fingerprint density at radius 1 is 0.263 bits per heavy atom. The Hall–Kier alpha value is -6.78. The van der Waals surface area contributed by atoms with Crippen LogP contribution in [0.2, 0.25) is 0 Å². The van der Waals surface area contributed by atoms with Crippen LogP contribution in [-0.2, 0) is 0 Å². The smallest absolute Gasteiger partial charge is 0.0468 e. The molecular weight excluding hydrogens is 727 g/mol. The second kappa shape index (κ2) is 14.1. The number of thiophene rings is 2. The molecule has 0 bridgehead atoms. The van der Waals surface area contributed by atoms with Gasteiger partial charge in [-0.1, -0.05) is 158 Å². The monoisotopic (exact) mass is 761 g/mol. The third kappa shape index (κ3) is 6.00. The van der Waals surface area contributed by atoms with Gasteiger partial charge >= 0.3 is 0 Å². The second-order valence-electron chi connectivity index (χ2n) is 14.5. The summed E-state index contributed by atoms with van der Waals surface area (Å²) in [6, 6.07) is 77.6. The fraction of sp³-hybridized carbons (Fsp3) is 0. The first-order chi connectivity index (χ1) is 28.2. The lowest BCUT2D eigenvalue weighted by atomic mass is 9.92. The van der Waals surface area contributed by atoms with Crippen molar-refractivity contribution in [2.24, 2.45) is 0 Å². The van der Waals surface area contributed by atoms with Gasteiger partial charge in [-0.05, 0) is 93.5 Å². The van der Waals surface area contributed by atoms with Crippen molar-refractivity contribution in [3.05, 3.63) is 212 Å². The number of fused-ring (bicyclic) bond motifs is 6. The Morgan fingerprint density at radius 2 is 0.754 bits per heavy atom. The molecule has 0 fully saturated rings. The Balaban J connectivity index is 1.07. The van der Waals surface area contributed by atoms with Crippen LogP contribution >= 0.6 is 22.7 Å². The van der Waals surface area contributed by atoms with E-state index in [1.54, 1.807) is 0 Å². The van der Waals surface area contributed by atoms with Gasteiger partial charge in [-0.25, -0.2) is 0 Å². The lowest BCUT2D eigenvalue weighted by molar-refractivity contribution is 1.29. The molecule has 0 aliphatic rings. The summed E-state index contributed by atoms with van der Waals surface area (Å²) in [5, 5.41) is 5.20. The zero-order chi connectivity index (χ0) is 37.7. The summed E-state index contributed by atoms with van der Waals surface area (Å²) in [5.41, 5.74) is 13.1. The number of hydrogen-bond donors (Lipinski definition) is 0. The first kappa shape index (κ1) is 33.5. The fourth-order valence-corrected chi connectivity index (χ4v) is 10.6. The van der Waals surface area contributed by atoms with Crippen LogP contribution in [0.1, 0.15) is 0 Å². The number of hydrogen-bond acceptors (Lipinski definition) is 3. The zero-order valence-corrected chi connectivity index (χ0v) is 32.6. The molecule has 268 valence electrons. The highest BCUT2D eigenvalue weighted by atomic mass is 32.1. The quantitative estimate of drug-likeness (QED) is 0.156. The molecule has 11 aromatic rings. The van der Waals surface area contributed by atoms with Crippen molar-refractivity contribution >= 4 is 80.1 Å². The predicted octanol–water partition coefficient (Wildman–Crippen LogP) is 16.6. The number of nitrogens with zero attached hydrogens (tertiary/aromatic N) is 1. The van der Waals surface area contributed by atoms with E-state index >= 15 is 0 Å². The molecule has 0 saturated heterocycles. The Labute approximate surface area is 340 Å². The maximum atomic E-state index is 2.42. The average Bonchev–Trinajstić information content (AvgIpc) is 3.86. The molecule has 3 heteroatoms. The third-order valence-corrected chi connectivity index (χ3v) is 13.5. The Morgan fingerprint density at radius 3 is 1.46 bits per heavy atom. The van der Waals surface area contributed by atoms with E-state index in [9.17, 15) is 0 Å². The fourth-order valence-electron chi connectivity index (χ4n) is 8.31. The number of benzene rings is 9. The maximum Gasteiger partial charge on any atom is 0.0468 e. The SMILES string of the molecule is c1ccc(-c2ccc(-c3ccc(N(c4ccc(-c5cccc6c5sc5ccccc56)c(-c5ccccc5)c4)c4ccc5sc6ccccc6c5c4)cc3)cc2)cc1. The molecule has 0 spiro atoms. The zero-order valence-electron chi connectivity index (χ0n) is 31.0. The third-order valence-electron chi connectivity index (χ3n) is 11.1. The van der Waals surface area contributed by atoms with Gasteiger partial charge in [-0.2, -0.15) is 0 Å². The summed E-state index contributed by atoms with van der Waals surface area (Å²) in [5.74, 6) is 0. The summed E-state index contributed by atoms with van der Waals surface area (Å²) in [7, 11) is 0. The highest BCUT2D eigenvalue weighted by molar-refractivity contribution is 7.26. The van der Waals surface area contributed by atoms with E-state index < -0.39 is 0 Å². The lowest BCUT2D eigenvalue weighted by Gasteiger charge is -2.27. The van der Waals surface area contributed by atoms with Gasteiger partial charge in [-0.15, -0.1) is 22.7 Å². The second-order valence-corrected chi connectivity index (χ2v) is 16.6. The highest BCUT2D eigenvalue weighted by Crippen LogP contribution is 2.46. The summed E-state index contributed by atoms with van der Waals surface area (Å²) in [6.45, 7) is 0. The van der Waals surface area contributed by atoms with E-state index in [1.807, 2.05) is 22.7 Å². The van der Waals surface area contributed by atoms with Crippen molar-refractivity contribution in [2.45, 2.75) is 0 Å². The van der Waals surface area contributed by atoms with Crippen LogP contribution in [0.5, 0.6) is 0 Å². The van der Waals surface area contributed by atoms with Crippen molar-refractivity contribution in [1.29, 1.82) is 0 Å². The summed E-state index contributed by atoms with van der Waals surface area (Å²) in [6.07, 6.45) is 0. The van der Waals surface area contributed by atoms with E-state index in [1.165, 1.54) is 84.9 Å². The van der Waals surface area contributed by atoms with Gasteiger partial charge in [0.2, 0.25) is 0 Å². The van der Waals surface area contributed by atoms with Crippen LogP contribution in [0.15, 0.2) is 212 Å². The van der Waals surface area contributed by atoms with E-state index in [0.717, 1.165) is 17.1 Å².